The molecule has 0 heterocycles. The predicted molar refractivity (Wildman–Crippen MR) is 56.3 cm³/mol. The molecule has 1 aliphatic carbocycles. The van der Waals surface area contributed by atoms with Crippen LogP contribution in [-0.2, 0) is 10.3 Å². The van der Waals surface area contributed by atoms with Crippen molar-refractivity contribution in [1.82, 2.24) is 0 Å². The van der Waals surface area contributed by atoms with E-state index in [1.165, 1.54) is 12.1 Å². The minimum Gasteiger partial charge on any atom is -0.505 e. The summed E-state index contributed by atoms with van der Waals surface area (Å²) >= 11 is 0. The standard InChI is InChI=1S/C12H11F2NO2/c13-10-8(3-4-9(17)11(10)14)12(15-7-16)5-1-2-6-12/h3-4,17H,1-2,5-6H2. The third-order valence-corrected chi connectivity index (χ3v) is 3.25. The van der Waals surface area contributed by atoms with Crippen molar-refractivity contribution in [3.63, 3.8) is 0 Å². The number of benzene rings is 1. The zero-order valence-electron chi connectivity index (χ0n) is 9.04. The van der Waals surface area contributed by atoms with E-state index in [-0.39, 0.29) is 5.56 Å². The maximum atomic E-state index is 13.8. The number of rotatable bonds is 2. The highest BCUT2D eigenvalue weighted by atomic mass is 19.2. The van der Waals surface area contributed by atoms with Gasteiger partial charge in [-0.2, -0.15) is 9.38 Å². The smallest absolute Gasteiger partial charge is 0.235 e. The molecule has 1 aliphatic rings. The highest BCUT2D eigenvalue weighted by Gasteiger charge is 2.39. The molecule has 2 rings (SSSR count). The van der Waals surface area contributed by atoms with E-state index >= 15 is 0 Å². The Bertz CT molecular complexity index is 490. The van der Waals surface area contributed by atoms with Crippen LogP contribution in [0.15, 0.2) is 17.1 Å². The largest absolute Gasteiger partial charge is 0.505 e. The minimum absolute atomic E-state index is 0.0219. The molecule has 1 fully saturated rings. The number of hydrogen-bond acceptors (Lipinski definition) is 3. The third kappa shape index (κ3) is 1.83. The highest BCUT2D eigenvalue weighted by molar-refractivity contribution is 5.41. The molecule has 0 saturated heterocycles. The first-order valence-corrected chi connectivity index (χ1v) is 5.37. The number of aromatic hydroxyl groups is 1. The fourth-order valence-electron chi connectivity index (χ4n) is 2.39. The van der Waals surface area contributed by atoms with Gasteiger partial charge in [0.25, 0.3) is 0 Å². The summed E-state index contributed by atoms with van der Waals surface area (Å²) in [4.78, 5) is 14.1. The molecule has 0 aliphatic heterocycles. The zero-order chi connectivity index (χ0) is 12.5. The number of isocyanates is 1. The second kappa shape index (κ2) is 4.26. The van der Waals surface area contributed by atoms with Gasteiger partial charge in [-0.25, -0.2) is 9.18 Å². The second-order valence-corrected chi connectivity index (χ2v) is 4.20. The Morgan fingerprint density at radius 3 is 2.47 bits per heavy atom. The van der Waals surface area contributed by atoms with E-state index in [4.69, 9.17) is 5.11 Å². The van der Waals surface area contributed by atoms with Gasteiger partial charge in [-0.15, -0.1) is 0 Å². The molecule has 1 aromatic rings. The predicted octanol–water partition coefficient (Wildman–Crippen LogP) is 2.78. The van der Waals surface area contributed by atoms with Gasteiger partial charge < -0.3 is 5.11 Å². The summed E-state index contributed by atoms with van der Waals surface area (Å²) < 4.78 is 27.0. The zero-order valence-corrected chi connectivity index (χ0v) is 9.04. The summed E-state index contributed by atoms with van der Waals surface area (Å²) in [5, 5.41) is 9.06. The third-order valence-electron chi connectivity index (χ3n) is 3.25. The van der Waals surface area contributed by atoms with Crippen LogP contribution in [0.2, 0.25) is 0 Å². The van der Waals surface area contributed by atoms with Gasteiger partial charge >= 0.3 is 0 Å². The Morgan fingerprint density at radius 1 is 1.24 bits per heavy atom. The molecule has 1 N–H and O–H groups in total. The van der Waals surface area contributed by atoms with Crippen LogP contribution in [0.5, 0.6) is 5.75 Å². The molecule has 0 amide bonds. The van der Waals surface area contributed by atoms with Crippen molar-refractivity contribution in [3.8, 4) is 5.75 Å². The molecule has 0 aromatic heterocycles. The first kappa shape index (κ1) is 11.7. The van der Waals surface area contributed by atoms with Gasteiger partial charge in [0, 0.05) is 5.56 Å². The normalized spacial score (nSPS) is 17.8. The molecule has 17 heavy (non-hydrogen) atoms. The van der Waals surface area contributed by atoms with Crippen LogP contribution in [0.1, 0.15) is 31.2 Å². The molecule has 0 unspecified atom stereocenters. The van der Waals surface area contributed by atoms with Crippen molar-refractivity contribution in [2.45, 2.75) is 31.2 Å². The van der Waals surface area contributed by atoms with Crippen molar-refractivity contribution >= 4 is 6.08 Å². The summed E-state index contributed by atoms with van der Waals surface area (Å²) in [5.74, 6) is -3.17. The van der Waals surface area contributed by atoms with Gasteiger partial charge in [-0.1, -0.05) is 12.8 Å². The number of aliphatic imine (C=N–C) groups is 1. The number of phenolic OH excluding ortho intramolecular Hbond substituents is 1. The average Bonchev–Trinajstić information content (AvgIpc) is 2.76. The van der Waals surface area contributed by atoms with Gasteiger partial charge in [0.1, 0.15) is 5.54 Å². The average molecular weight is 239 g/mol. The Hall–Kier alpha value is -1.74. The SMILES string of the molecule is O=C=NC1(c2ccc(O)c(F)c2F)CCCC1. The molecular formula is C12H11F2NO2. The molecule has 1 aromatic carbocycles. The Morgan fingerprint density at radius 2 is 1.88 bits per heavy atom. The highest BCUT2D eigenvalue weighted by Crippen LogP contribution is 2.44. The lowest BCUT2D eigenvalue weighted by atomic mass is 9.88. The monoisotopic (exact) mass is 239 g/mol. The van der Waals surface area contributed by atoms with Gasteiger partial charge in [0.05, 0.1) is 0 Å². The van der Waals surface area contributed by atoms with Crippen LogP contribution >= 0.6 is 0 Å². The number of hydrogen-bond donors (Lipinski definition) is 1. The van der Waals surface area contributed by atoms with Crippen LogP contribution in [0.4, 0.5) is 8.78 Å². The lowest BCUT2D eigenvalue weighted by Crippen LogP contribution is -2.21. The van der Waals surface area contributed by atoms with Gasteiger partial charge in [-0.05, 0) is 25.0 Å². The number of halogens is 2. The lowest BCUT2D eigenvalue weighted by Gasteiger charge is -2.23. The molecule has 0 atom stereocenters. The van der Waals surface area contributed by atoms with E-state index in [1.54, 1.807) is 0 Å². The second-order valence-electron chi connectivity index (χ2n) is 4.20. The maximum absolute atomic E-state index is 13.8. The van der Waals surface area contributed by atoms with E-state index in [1.807, 2.05) is 0 Å². The molecule has 1 saturated carbocycles. The van der Waals surface area contributed by atoms with E-state index in [0.29, 0.717) is 12.8 Å². The maximum Gasteiger partial charge on any atom is 0.235 e. The minimum atomic E-state index is -1.30. The summed E-state index contributed by atoms with van der Waals surface area (Å²) in [6.07, 6.45) is 4.01. The summed E-state index contributed by atoms with van der Waals surface area (Å²) in [7, 11) is 0. The van der Waals surface area contributed by atoms with E-state index in [0.717, 1.165) is 18.9 Å². The Kier molecular flexibility index (Phi) is 2.94. The Labute approximate surface area is 96.8 Å². The fraction of sp³-hybridized carbons (Fsp3) is 0.417. The first-order chi connectivity index (χ1) is 8.10. The fourth-order valence-corrected chi connectivity index (χ4v) is 2.39. The van der Waals surface area contributed by atoms with Gasteiger partial charge in [-0.3, -0.25) is 0 Å². The van der Waals surface area contributed by atoms with Crippen LogP contribution in [-0.4, -0.2) is 11.2 Å². The van der Waals surface area contributed by atoms with E-state index in [2.05, 4.69) is 4.99 Å². The van der Waals surface area contributed by atoms with Gasteiger partial charge in [0.15, 0.2) is 11.6 Å². The quantitative estimate of drug-likeness (QED) is 0.637. The van der Waals surface area contributed by atoms with Crippen molar-refractivity contribution in [1.29, 1.82) is 0 Å². The molecule has 90 valence electrons. The molecule has 3 nitrogen and oxygen atoms in total. The lowest BCUT2D eigenvalue weighted by molar-refractivity contribution is 0.380. The van der Waals surface area contributed by atoms with Crippen molar-refractivity contribution in [3.05, 3.63) is 29.3 Å². The van der Waals surface area contributed by atoms with Crippen LogP contribution in [0.3, 0.4) is 0 Å². The first-order valence-electron chi connectivity index (χ1n) is 5.37. The topological polar surface area (TPSA) is 49.7 Å². The summed E-state index contributed by atoms with van der Waals surface area (Å²) in [6.45, 7) is 0. The van der Waals surface area contributed by atoms with Crippen molar-refractivity contribution in [2.75, 3.05) is 0 Å². The molecule has 5 heteroatoms. The molecule has 0 bridgehead atoms. The number of nitrogens with zero attached hydrogens (tertiary/aromatic N) is 1. The van der Waals surface area contributed by atoms with Crippen LogP contribution in [0.25, 0.3) is 0 Å². The van der Waals surface area contributed by atoms with E-state index < -0.39 is 22.9 Å². The summed E-state index contributed by atoms with van der Waals surface area (Å²) in [6, 6.07) is 2.36. The molecular weight excluding hydrogens is 228 g/mol. The Balaban J connectivity index is 2.58. The van der Waals surface area contributed by atoms with Crippen molar-refractivity contribution < 1.29 is 18.7 Å². The van der Waals surface area contributed by atoms with E-state index in [9.17, 15) is 13.6 Å². The van der Waals surface area contributed by atoms with Crippen LogP contribution < -0.4 is 0 Å². The number of phenols is 1. The number of carbonyl (C=O) groups excluding carboxylic acids is 1. The van der Waals surface area contributed by atoms with Gasteiger partial charge in [0.2, 0.25) is 11.9 Å². The molecule has 0 radical (unpaired) electrons. The van der Waals surface area contributed by atoms with Crippen molar-refractivity contribution in [2.24, 2.45) is 4.99 Å². The van der Waals surface area contributed by atoms with Crippen LogP contribution in [0, 0.1) is 11.6 Å². The summed E-state index contributed by atoms with van der Waals surface area (Å²) in [5.41, 5.74) is -0.992. The molecule has 0 spiro atoms.